The molecule has 6 fully saturated rings. The van der Waals surface area contributed by atoms with Crippen molar-refractivity contribution in [2.75, 3.05) is 6.54 Å². The van der Waals surface area contributed by atoms with Crippen molar-refractivity contribution >= 4 is 23.6 Å². The maximum absolute atomic E-state index is 14.3. The Morgan fingerprint density at radius 1 is 0.830 bits per heavy atom. The number of likely N-dealkylation sites (tertiary alicyclic amines) is 1. The molecule has 0 unspecified atom stereocenters. The van der Waals surface area contributed by atoms with Crippen LogP contribution in [0, 0.1) is 62.1 Å². The average molecular weight is 736 g/mol. The quantitative estimate of drug-likeness (QED) is 0.167. The van der Waals surface area contributed by atoms with Gasteiger partial charge >= 0.3 is 11.9 Å². The number of esters is 1. The van der Waals surface area contributed by atoms with Gasteiger partial charge in [0.1, 0.15) is 11.9 Å². The third-order valence-corrected chi connectivity index (χ3v) is 17.7. The summed E-state index contributed by atoms with van der Waals surface area (Å²) >= 11 is 0. The number of fused-ring (bicyclic) bond motifs is 7. The number of hydrogen-bond acceptors (Lipinski definition) is 5. The van der Waals surface area contributed by atoms with E-state index >= 15 is 0 Å². The van der Waals surface area contributed by atoms with Crippen molar-refractivity contribution in [3.63, 3.8) is 0 Å². The summed E-state index contributed by atoms with van der Waals surface area (Å²) in [7, 11) is 0. The van der Waals surface area contributed by atoms with Crippen molar-refractivity contribution in [1.82, 2.24) is 4.90 Å². The second-order valence-corrected chi connectivity index (χ2v) is 21.6. The highest BCUT2D eigenvalue weighted by Gasteiger charge is 2.71. The first kappa shape index (κ1) is 40.5. The summed E-state index contributed by atoms with van der Waals surface area (Å²) < 4.78 is 6.29. The second kappa shape index (κ2) is 14.1. The Morgan fingerprint density at radius 2 is 1.55 bits per heavy atom. The van der Waals surface area contributed by atoms with Crippen LogP contribution in [-0.4, -0.2) is 52.3 Å². The molecule has 1 aliphatic heterocycles. The number of carboxylic acid groups (broad SMARTS) is 1. The molecule has 53 heavy (non-hydrogen) atoms. The Kier molecular flexibility index (Phi) is 10.8. The molecule has 0 aromatic heterocycles. The van der Waals surface area contributed by atoms with Gasteiger partial charge in [-0.05, 0) is 154 Å². The van der Waals surface area contributed by atoms with Gasteiger partial charge in [0.2, 0.25) is 5.91 Å². The number of Topliss-reactive ketones (excluding diaryl/α,β-unsaturated/α-hetero) is 1. The van der Waals surface area contributed by atoms with Crippen LogP contribution in [-0.2, 0) is 23.9 Å². The molecule has 0 aromatic rings. The van der Waals surface area contributed by atoms with E-state index in [9.17, 15) is 24.3 Å². The molecule has 5 aliphatic carbocycles. The third-order valence-electron chi connectivity index (χ3n) is 17.7. The van der Waals surface area contributed by atoms with Gasteiger partial charge in [-0.15, -0.1) is 0 Å². The Labute approximate surface area is 321 Å². The van der Waals surface area contributed by atoms with E-state index in [1.807, 2.05) is 13.8 Å². The predicted molar refractivity (Wildman–Crippen MR) is 209 cm³/mol. The SMILES string of the molecule is C=C(C)[C@@H]1CC[C@]2(CC(=O)N3CCC[C@H]3CCC(C)=O)CC[C@]3(C)[C@H](CC[C@@H]4[C@@]5(C)CC[C@H](OC(=O)CC(C)(C)CC(=O)O)C(C)(C)[C@@H]5CC[C@]43C)[C@@H]12. The van der Waals surface area contributed by atoms with Gasteiger partial charge in [-0.3, -0.25) is 14.4 Å². The number of carbonyl (C=O) groups is 4. The van der Waals surface area contributed by atoms with Gasteiger partial charge in [0, 0.05) is 30.8 Å². The second-order valence-electron chi connectivity index (χ2n) is 21.6. The molecule has 1 saturated heterocycles. The van der Waals surface area contributed by atoms with E-state index in [2.05, 4.69) is 53.0 Å². The van der Waals surface area contributed by atoms with Crippen molar-refractivity contribution in [1.29, 1.82) is 0 Å². The molecule has 1 N–H and O–H groups in total. The Hall–Kier alpha value is -2.18. The van der Waals surface area contributed by atoms with Gasteiger partial charge in [-0.1, -0.05) is 60.6 Å². The fourth-order valence-electron chi connectivity index (χ4n) is 15.1. The minimum absolute atomic E-state index is 0.0336. The Balaban J connectivity index is 1.22. The number of hydrogen-bond donors (Lipinski definition) is 1. The molecule has 5 saturated carbocycles. The lowest BCUT2D eigenvalue weighted by Crippen LogP contribution is -2.67. The lowest BCUT2D eigenvalue weighted by Gasteiger charge is -2.73. The number of carboxylic acids is 1. The number of ketones is 1. The zero-order valence-corrected chi connectivity index (χ0v) is 34.9. The van der Waals surface area contributed by atoms with Crippen LogP contribution in [0.3, 0.4) is 0 Å². The molecule has 0 bridgehead atoms. The molecule has 6 aliphatic rings. The molecular formula is C46H73NO6. The molecule has 7 nitrogen and oxygen atoms in total. The number of allylic oxidation sites excluding steroid dienone is 1. The molecule has 11 atom stereocenters. The first-order valence-corrected chi connectivity index (χ1v) is 21.5. The number of nitrogens with zero attached hydrogens (tertiary/aromatic N) is 1. The number of rotatable bonds is 11. The van der Waals surface area contributed by atoms with Gasteiger partial charge in [0.25, 0.3) is 0 Å². The summed E-state index contributed by atoms with van der Waals surface area (Å²) in [4.78, 5) is 53.0. The van der Waals surface area contributed by atoms with Gasteiger partial charge < -0.3 is 19.5 Å². The number of carbonyl (C=O) groups excluding carboxylic acids is 3. The highest BCUT2D eigenvalue weighted by Crippen LogP contribution is 2.78. The minimum atomic E-state index is -0.886. The lowest BCUT2D eigenvalue weighted by atomic mass is 9.32. The van der Waals surface area contributed by atoms with Gasteiger partial charge in [0.05, 0.1) is 12.8 Å². The van der Waals surface area contributed by atoms with Crippen molar-refractivity contribution in [2.45, 2.75) is 184 Å². The predicted octanol–water partition coefficient (Wildman–Crippen LogP) is 10.2. The Morgan fingerprint density at radius 3 is 2.21 bits per heavy atom. The van der Waals surface area contributed by atoms with E-state index in [-0.39, 0.29) is 63.8 Å². The van der Waals surface area contributed by atoms with Crippen LogP contribution in [0.5, 0.6) is 0 Å². The zero-order valence-electron chi connectivity index (χ0n) is 34.9. The van der Waals surface area contributed by atoms with E-state index in [0.29, 0.717) is 48.3 Å². The molecule has 0 radical (unpaired) electrons. The van der Waals surface area contributed by atoms with Crippen molar-refractivity contribution in [3.05, 3.63) is 12.2 Å². The number of aliphatic carboxylic acids is 1. The standard InChI is InChI=1S/C46H73NO6/c1-29(2)32-17-22-46(26-37(49)47-25-11-12-31(47)14-13-30(3)48)24-23-44(9)33(40(32)46)15-16-35-43(8)20-19-36(42(6,7)34(43)18-21-45(35,44)10)53-39(52)28-41(4,5)27-38(50)51/h31-36,40H,1,11-28H2,2-10H3,(H,50,51)/t31-,32-,33+,34-,35+,36-,40+,43-,44+,45+,46+/m0/s1. The highest BCUT2D eigenvalue weighted by molar-refractivity contribution is 5.78. The smallest absolute Gasteiger partial charge is 0.306 e. The normalized spacial score (nSPS) is 41.8. The fourth-order valence-corrected chi connectivity index (χ4v) is 15.1. The van der Waals surface area contributed by atoms with E-state index in [1.165, 1.54) is 31.3 Å². The largest absolute Gasteiger partial charge is 0.481 e. The monoisotopic (exact) mass is 736 g/mol. The summed E-state index contributed by atoms with van der Waals surface area (Å²) in [5.74, 6) is 1.96. The van der Waals surface area contributed by atoms with Gasteiger partial charge in [0.15, 0.2) is 0 Å². The lowest BCUT2D eigenvalue weighted by molar-refractivity contribution is -0.250. The van der Waals surface area contributed by atoms with Crippen LogP contribution in [0.15, 0.2) is 12.2 Å². The summed E-state index contributed by atoms with van der Waals surface area (Å²) in [5.41, 5.74) is 1.04. The van der Waals surface area contributed by atoms with Gasteiger partial charge in [-0.25, -0.2) is 0 Å². The molecule has 1 amide bonds. The first-order chi connectivity index (χ1) is 24.6. The maximum atomic E-state index is 14.3. The van der Waals surface area contributed by atoms with E-state index in [4.69, 9.17) is 4.74 Å². The average Bonchev–Trinajstić information content (AvgIpc) is 3.66. The molecular weight excluding hydrogens is 663 g/mol. The summed E-state index contributed by atoms with van der Waals surface area (Å²) in [6, 6.07) is 0.213. The first-order valence-electron chi connectivity index (χ1n) is 21.5. The maximum Gasteiger partial charge on any atom is 0.306 e. The van der Waals surface area contributed by atoms with Crippen LogP contribution >= 0.6 is 0 Å². The molecule has 298 valence electrons. The molecule has 0 spiro atoms. The molecule has 6 rings (SSSR count). The summed E-state index contributed by atoms with van der Waals surface area (Å²) in [6.07, 6.45) is 15.2. The van der Waals surface area contributed by atoms with Crippen LogP contribution in [0.25, 0.3) is 0 Å². The number of ether oxygens (including phenoxy) is 1. The van der Waals surface area contributed by atoms with E-state index < -0.39 is 11.4 Å². The van der Waals surface area contributed by atoms with Crippen molar-refractivity contribution < 1.29 is 29.0 Å². The van der Waals surface area contributed by atoms with Crippen LogP contribution in [0.1, 0.15) is 171 Å². The van der Waals surface area contributed by atoms with E-state index in [0.717, 1.165) is 64.3 Å². The van der Waals surface area contributed by atoms with Crippen LogP contribution < -0.4 is 0 Å². The summed E-state index contributed by atoms with van der Waals surface area (Å²) in [5, 5.41) is 9.36. The summed E-state index contributed by atoms with van der Waals surface area (Å²) in [6.45, 7) is 25.6. The highest BCUT2D eigenvalue weighted by atomic mass is 16.5. The van der Waals surface area contributed by atoms with Crippen molar-refractivity contribution in [3.8, 4) is 0 Å². The molecule has 1 heterocycles. The fraction of sp³-hybridized carbons (Fsp3) is 0.870. The van der Waals surface area contributed by atoms with Crippen molar-refractivity contribution in [2.24, 2.45) is 62.1 Å². The zero-order chi connectivity index (χ0) is 38.9. The minimum Gasteiger partial charge on any atom is -0.481 e. The Bertz CT molecular complexity index is 1480. The van der Waals surface area contributed by atoms with Crippen LogP contribution in [0.4, 0.5) is 0 Å². The molecule has 7 heteroatoms. The van der Waals surface area contributed by atoms with Gasteiger partial charge in [-0.2, -0.15) is 0 Å². The third kappa shape index (κ3) is 6.87. The topological polar surface area (TPSA) is 101 Å². The van der Waals surface area contributed by atoms with Crippen LogP contribution in [0.2, 0.25) is 0 Å². The number of amides is 1. The molecule has 0 aromatic carbocycles. The van der Waals surface area contributed by atoms with E-state index in [1.54, 1.807) is 6.92 Å².